The predicted molar refractivity (Wildman–Crippen MR) is 89.5 cm³/mol. The summed E-state index contributed by atoms with van der Waals surface area (Å²) in [5.74, 6) is 1.01. The third-order valence-electron chi connectivity index (χ3n) is 4.99. The number of carbonyl (C=O) groups is 1. The van der Waals surface area contributed by atoms with Crippen LogP contribution in [0.1, 0.15) is 31.2 Å². The number of nitrogen functional groups attached to an aromatic ring is 1. The second-order valence-corrected chi connectivity index (χ2v) is 6.75. The molecule has 0 aliphatic carbocycles. The first-order valence-corrected chi connectivity index (χ1v) is 8.55. The Hall–Kier alpha value is -1.55. The Bertz CT molecular complexity index is 503. The molecule has 2 aliphatic heterocycles. The molecular weight excluding hydrogens is 274 g/mol. The summed E-state index contributed by atoms with van der Waals surface area (Å²) in [6.45, 7) is 5.61. The molecule has 4 heteroatoms. The quantitative estimate of drug-likeness (QED) is 0.867. The van der Waals surface area contributed by atoms with Gasteiger partial charge in [-0.05, 0) is 62.4 Å². The van der Waals surface area contributed by atoms with Gasteiger partial charge in [-0.15, -0.1) is 0 Å². The van der Waals surface area contributed by atoms with Crippen molar-refractivity contribution >= 4 is 11.6 Å². The van der Waals surface area contributed by atoms with Crippen molar-refractivity contribution in [3.8, 4) is 0 Å². The Morgan fingerprint density at radius 1 is 1.14 bits per heavy atom. The van der Waals surface area contributed by atoms with Crippen LogP contribution in [0, 0.1) is 5.92 Å². The van der Waals surface area contributed by atoms with Gasteiger partial charge >= 0.3 is 0 Å². The van der Waals surface area contributed by atoms with Crippen LogP contribution < -0.4 is 5.73 Å². The highest BCUT2D eigenvalue weighted by molar-refractivity contribution is 5.79. The van der Waals surface area contributed by atoms with Crippen molar-refractivity contribution in [1.29, 1.82) is 0 Å². The van der Waals surface area contributed by atoms with E-state index in [1.807, 2.05) is 29.2 Å². The van der Waals surface area contributed by atoms with E-state index in [4.69, 9.17) is 5.73 Å². The van der Waals surface area contributed by atoms with E-state index >= 15 is 0 Å². The zero-order valence-electron chi connectivity index (χ0n) is 13.3. The molecule has 0 aromatic heterocycles. The fourth-order valence-corrected chi connectivity index (χ4v) is 3.68. The second kappa shape index (κ2) is 7.14. The lowest BCUT2D eigenvalue weighted by Gasteiger charge is -2.34. The van der Waals surface area contributed by atoms with Gasteiger partial charge in [0.2, 0.25) is 5.91 Å². The average Bonchev–Trinajstić information content (AvgIpc) is 3.01. The first-order chi connectivity index (χ1) is 10.7. The number of rotatable bonds is 4. The third-order valence-corrected chi connectivity index (χ3v) is 4.99. The van der Waals surface area contributed by atoms with Gasteiger partial charge in [0.05, 0.1) is 6.42 Å². The lowest BCUT2D eigenvalue weighted by atomic mass is 9.95. The van der Waals surface area contributed by atoms with Gasteiger partial charge in [0.25, 0.3) is 0 Å². The molecule has 1 amide bonds. The predicted octanol–water partition coefficient (Wildman–Crippen LogP) is 2.15. The van der Waals surface area contributed by atoms with Gasteiger partial charge in [-0.3, -0.25) is 4.79 Å². The summed E-state index contributed by atoms with van der Waals surface area (Å²) in [4.78, 5) is 17.0. The fraction of sp³-hybridized carbons (Fsp3) is 0.611. The second-order valence-electron chi connectivity index (χ2n) is 6.75. The van der Waals surface area contributed by atoms with Crippen molar-refractivity contribution in [2.24, 2.45) is 5.92 Å². The molecule has 2 heterocycles. The summed E-state index contributed by atoms with van der Waals surface area (Å²) in [5.41, 5.74) is 7.53. The lowest BCUT2D eigenvalue weighted by molar-refractivity contribution is -0.131. The molecule has 2 aliphatic rings. The molecule has 1 aromatic rings. The molecule has 0 unspecified atom stereocenters. The van der Waals surface area contributed by atoms with E-state index < -0.39 is 0 Å². The molecule has 0 atom stereocenters. The zero-order chi connectivity index (χ0) is 15.4. The molecule has 3 rings (SSSR count). The van der Waals surface area contributed by atoms with E-state index in [0.717, 1.165) is 43.1 Å². The van der Waals surface area contributed by atoms with Gasteiger partial charge in [-0.25, -0.2) is 0 Å². The fourth-order valence-electron chi connectivity index (χ4n) is 3.68. The van der Waals surface area contributed by atoms with Crippen molar-refractivity contribution in [2.75, 3.05) is 38.5 Å². The van der Waals surface area contributed by atoms with Crippen LogP contribution in [0.4, 0.5) is 5.69 Å². The van der Waals surface area contributed by atoms with Crippen LogP contribution in [0.15, 0.2) is 24.3 Å². The van der Waals surface area contributed by atoms with E-state index in [0.29, 0.717) is 6.42 Å². The summed E-state index contributed by atoms with van der Waals surface area (Å²) in [7, 11) is 0. The van der Waals surface area contributed by atoms with E-state index in [2.05, 4.69) is 4.90 Å². The highest BCUT2D eigenvalue weighted by atomic mass is 16.2. The molecule has 0 bridgehead atoms. The van der Waals surface area contributed by atoms with Crippen molar-refractivity contribution in [1.82, 2.24) is 9.80 Å². The molecule has 2 N–H and O–H groups in total. The number of hydrogen-bond acceptors (Lipinski definition) is 3. The number of amides is 1. The number of hydrogen-bond donors (Lipinski definition) is 1. The van der Waals surface area contributed by atoms with Gasteiger partial charge < -0.3 is 15.5 Å². The minimum absolute atomic E-state index is 0.241. The molecule has 1 aromatic carbocycles. The van der Waals surface area contributed by atoms with E-state index in [9.17, 15) is 4.79 Å². The summed E-state index contributed by atoms with van der Waals surface area (Å²) in [6.07, 6.45) is 5.50. The van der Waals surface area contributed by atoms with Crippen LogP contribution in [-0.4, -0.2) is 48.4 Å². The Labute approximate surface area is 133 Å². The smallest absolute Gasteiger partial charge is 0.226 e. The van der Waals surface area contributed by atoms with Crippen LogP contribution in [-0.2, 0) is 11.2 Å². The number of anilines is 1. The standard InChI is InChI=1S/C18H27N3O/c19-17-5-3-4-16(12-17)13-18(22)21-10-6-15(7-11-21)14-20-8-1-2-9-20/h3-5,12,15H,1-2,6-11,13-14,19H2. The van der Waals surface area contributed by atoms with Crippen molar-refractivity contribution in [3.63, 3.8) is 0 Å². The summed E-state index contributed by atoms with van der Waals surface area (Å²) in [5, 5.41) is 0. The van der Waals surface area contributed by atoms with Crippen molar-refractivity contribution in [3.05, 3.63) is 29.8 Å². The topological polar surface area (TPSA) is 49.6 Å². The monoisotopic (exact) mass is 301 g/mol. The van der Waals surface area contributed by atoms with E-state index in [1.165, 1.54) is 32.5 Å². The average molecular weight is 301 g/mol. The molecule has 2 saturated heterocycles. The van der Waals surface area contributed by atoms with Gasteiger partial charge in [0.15, 0.2) is 0 Å². The maximum Gasteiger partial charge on any atom is 0.226 e. The summed E-state index contributed by atoms with van der Waals surface area (Å²) < 4.78 is 0. The SMILES string of the molecule is Nc1cccc(CC(=O)N2CCC(CN3CCCC3)CC2)c1. The zero-order valence-corrected chi connectivity index (χ0v) is 13.3. The van der Waals surface area contributed by atoms with Crippen LogP contribution in [0.25, 0.3) is 0 Å². The lowest BCUT2D eigenvalue weighted by Crippen LogP contribution is -2.41. The molecule has 22 heavy (non-hydrogen) atoms. The van der Waals surface area contributed by atoms with E-state index in [1.54, 1.807) is 0 Å². The van der Waals surface area contributed by atoms with Gasteiger partial charge in [0, 0.05) is 25.3 Å². The van der Waals surface area contributed by atoms with Crippen LogP contribution in [0.2, 0.25) is 0 Å². The maximum atomic E-state index is 12.4. The van der Waals surface area contributed by atoms with E-state index in [-0.39, 0.29) is 5.91 Å². The van der Waals surface area contributed by atoms with Gasteiger partial charge in [-0.2, -0.15) is 0 Å². The van der Waals surface area contributed by atoms with Crippen LogP contribution in [0.5, 0.6) is 0 Å². The number of carbonyl (C=O) groups excluding carboxylic acids is 1. The number of nitrogens with two attached hydrogens (primary N) is 1. The number of likely N-dealkylation sites (tertiary alicyclic amines) is 2. The maximum absolute atomic E-state index is 12.4. The highest BCUT2D eigenvalue weighted by Gasteiger charge is 2.25. The third kappa shape index (κ3) is 4.01. The molecule has 0 spiro atoms. The summed E-state index contributed by atoms with van der Waals surface area (Å²) in [6, 6.07) is 7.66. The Kier molecular flexibility index (Phi) is 4.98. The highest BCUT2D eigenvalue weighted by Crippen LogP contribution is 2.21. The minimum Gasteiger partial charge on any atom is -0.399 e. The Balaban J connectivity index is 1.45. The Morgan fingerprint density at radius 3 is 2.55 bits per heavy atom. The van der Waals surface area contributed by atoms with Gasteiger partial charge in [-0.1, -0.05) is 12.1 Å². The molecule has 0 saturated carbocycles. The first kappa shape index (κ1) is 15.3. The minimum atomic E-state index is 0.241. The largest absolute Gasteiger partial charge is 0.399 e. The molecule has 4 nitrogen and oxygen atoms in total. The van der Waals surface area contributed by atoms with Crippen LogP contribution >= 0.6 is 0 Å². The number of piperidine rings is 1. The molecule has 0 radical (unpaired) electrons. The molecule has 120 valence electrons. The normalized spacial score (nSPS) is 20.5. The molecule has 2 fully saturated rings. The Morgan fingerprint density at radius 2 is 1.86 bits per heavy atom. The number of benzene rings is 1. The molecular formula is C18H27N3O. The van der Waals surface area contributed by atoms with Crippen LogP contribution in [0.3, 0.4) is 0 Å². The van der Waals surface area contributed by atoms with Crippen molar-refractivity contribution < 1.29 is 4.79 Å². The number of nitrogens with zero attached hydrogens (tertiary/aromatic N) is 2. The van der Waals surface area contributed by atoms with Crippen molar-refractivity contribution in [2.45, 2.75) is 32.1 Å². The first-order valence-electron chi connectivity index (χ1n) is 8.55. The summed E-state index contributed by atoms with van der Waals surface area (Å²) >= 11 is 0. The van der Waals surface area contributed by atoms with Gasteiger partial charge in [0.1, 0.15) is 0 Å².